The van der Waals surface area contributed by atoms with E-state index >= 15 is 0 Å². The molecule has 0 aliphatic rings. The molecule has 0 aliphatic carbocycles. The number of halogens is 1. The number of likely N-dealkylation sites (N-methyl/N-ethyl adjacent to an activating group) is 1. The maximum absolute atomic E-state index is 11.8. The van der Waals surface area contributed by atoms with Crippen molar-refractivity contribution in [2.24, 2.45) is 4.99 Å². The van der Waals surface area contributed by atoms with Crippen LogP contribution in [0.3, 0.4) is 0 Å². The van der Waals surface area contributed by atoms with Crippen LogP contribution in [0.5, 0.6) is 0 Å². The van der Waals surface area contributed by atoms with Gasteiger partial charge in [-0.15, -0.1) is 24.0 Å². The summed E-state index contributed by atoms with van der Waals surface area (Å²) < 4.78 is 1.89. The summed E-state index contributed by atoms with van der Waals surface area (Å²) in [5, 5.41) is 10.5. The molecule has 0 unspecified atom stereocenters. The topological polar surface area (TPSA) is 74.5 Å². The van der Waals surface area contributed by atoms with Gasteiger partial charge in [0.05, 0.1) is 19.6 Å². The minimum atomic E-state index is -0.0149. The molecule has 0 fully saturated rings. The predicted molar refractivity (Wildman–Crippen MR) is 124 cm³/mol. The fourth-order valence-corrected chi connectivity index (χ4v) is 2.33. The second-order valence-electron chi connectivity index (χ2n) is 6.59. The van der Waals surface area contributed by atoms with E-state index in [1.807, 2.05) is 36.0 Å². The lowest BCUT2D eigenvalue weighted by Crippen LogP contribution is -2.43. The Balaban J connectivity index is 0.00000392. The fraction of sp³-hybridized carbons (Fsp3) is 0.350. The van der Waals surface area contributed by atoms with E-state index < -0.39 is 0 Å². The van der Waals surface area contributed by atoms with Gasteiger partial charge in [-0.25, -0.2) is 4.99 Å². The molecule has 0 radical (unpaired) electrons. The number of aromatic nitrogens is 2. The summed E-state index contributed by atoms with van der Waals surface area (Å²) in [5.74, 6) is 0.570. The maximum Gasteiger partial charge on any atom is 0.241 e. The van der Waals surface area contributed by atoms with Gasteiger partial charge in [-0.2, -0.15) is 5.10 Å². The van der Waals surface area contributed by atoms with Crippen LogP contribution in [0.15, 0.2) is 59.9 Å². The Labute approximate surface area is 183 Å². The second-order valence-corrected chi connectivity index (χ2v) is 6.59. The molecule has 7 nitrogen and oxygen atoms in total. The lowest BCUT2D eigenvalue weighted by molar-refractivity contribution is -0.127. The van der Waals surface area contributed by atoms with Crippen LogP contribution in [-0.2, 0) is 17.9 Å². The Morgan fingerprint density at radius 2 is 1.86 bits per heavy atom. The van der Waals surface area contributed by atoms with Gasteiger partial charge in [0.2, 0.25) is 5.91 Å². The van der Waals surface area contributed by atoms with Gasteiger partial charge in [0.15, 0.2) is 5.96 Å². The third-order valence-electron chi connectivity index (χ3n) is 3.88. The summed E-state index contributed by atoms with van der Waals surface area (Å²) in [6.45, 7) is 7.81. The number of carbonyl (C=O) groups is 1. The summed E-state index contributed by atoms with van der Waals surface area (Å²) in [6, 6.07) is 10.1. The van der Waals surface area contributed by atoms with E-state index in [0.717, 1.165) is 16.7 Å². The van der Waals surface area contributed by atoms with E-state index in [9.17, 15) is 4.79 Å². The highest BCUT2D eigenvalue weighted by atomic mass is 127. The van der Waals surface area contributed by atoms with Crippen LogP contribution in [0.1, 0.15) is 18.1 Å². The van der Waals surface area contributed by atoms with E-state index in [4.69, 9.17) is 0 Å². The molecule has 1 heterocycles. The number of rotatable bonds is 8. The molecule has 28 heavy (non-hydrogen) atoms. The second kappa shape index (κ2) is 12.2. The SMILES string of the molecule is C=C(C)CNC(=NCc1ccccc1Cn1cccn1)NCC(=O)N(C)C.I. The van der Waals surface area contributed by atoms with E-state index in [0.29, 0.717) is 25.6 Å². The first-order valence-corrected chi connectivity index (χ1v) is 8.86. The fourth-order valence-electron chi connectivity index (χ4n) is 2.33. The first-order valence-electron chi connectivity index (χ1n) is 8.86. The molecule has 0 saturated carbocycles. The summed E-state index contributed by atoms with van der Waals surface area (Å²) in [4.78, 5) is 18.0. The van der Waals surface area contributed by atoms with Gasteiger partial charge in [0, 0.05) is 33.0 Å². The standard InChI is InChI=1S/C20H28N6O.HI/c1-16(2)12-21-20(23-14-19(27)25(3)4)22-13-17-8-5-6-9-18(17)15-26-11-7-10-24-26;/h5-11H,1,12-15H2,2-4H3,(H2,21,22,23);1H. The first kappa shape index (κ1) is 23.7. The number of nitrogens with zero attached hydrogens (tertiary/aromatic N) is 4. The summed E-state index contributed by atoms with van der Waals surface area (Å²) in [5.41, 5.74) is 3.26. The number of carbonyl (C=O) groups excluding carboxylic acids is 1. The number of nitrogens with one attached hydrogen (secondary N) is 2. The van der Waals surface area contributed by atoms with Crippen molar-refractivity contribution in [3.8, 4) is 0 Å². The Kier molecular flexibility index (Phi) is 10.3. The van der Waals surface area contributed by atoms with Crippen LogP contribution in [0.4, 0.5) is 0 Å². The molecule has 8 heteroatoms. The number of guanidine groups is 1. The minimum absolute atomic E-state index is 0. The van der Waals surface area contributed by atoms with E-state index in [-0.39, 0.29) is 36.4 Å². The van der Waals surface area contributed by atoms with Crippen molar-refractivity contribution < 1.29 is 4.79 Å². The molecule has 0 saturated heterocycles. The summed E-state index contributed by atoms with van der Waals surface area (Å²) in [6.07, 6.45) is 3.71. The van der Waals surface area contributed by atoms with Crippen molar-refractivity contribution in [3.63, 3.8) is 0 Å². The molecular formula is C20H29IN6O. The molecule has 1 aromatic carbocycles. The monoisotopic (exact) mass is 496 g/mol. The largest absolute Gasteiger partial charge is 0.353 e. The molecule has 2 aromatic rings. The number of hydrogen-bond acceptors (Lipinski definition) is 3. The number of hydrogen-bond donors (Lipinski definition) is 2. The lowest BCUT2D eigenvalue weighted by Gasteiger charge is -2.15. The van der Waals surface area contributed by atoms with Crippen LogP contribution in [0.2, 0.25) is 0 Å². The molecule has 0 bridgehead atoms. The molecule has 2 rings (SSSR count). The Bertz CT molecular complexity index is 786. The van der Waals surface area contributed by atoms with Crippen LogP contribution < -0.4 is 10.6 Å². The summed E-state index contributed by atoms with van der Waals surface area (Å²) in [7, 11) is 3.46. The number of aliphatic imine (C=N–C) groups is 1. The van der Waals surface area contributed by atoms with Crippen molar-refractivity contribution in [3.05, 3.63) is 66.0 Å². The van der Waals surface area contributed by atoms with Gasteiger partial charge in [-0.05, 0) is 24.1 Å². The average molecular weight is 496 g/mol. The van der Waals surface area contributed by atoms with Crippen molar-refractivity contribution in [2.75, 3.05) is 27.2 Å². The molecule has 0 spiro atoms. The zero-order valence-corrected chi connectivity index (χ0v) is 19.0. The zero-order chi connectivity index (χ0) is 19.6. The molecule has 2 N–H and O–H groups in total. The normalized spacial score (nSPS) is 10.8. The van der Waals surface area contributed by atoms with Crippen molar-refractivity contribution in [2.45, 2.75) is 20.0 Å². The highest BCUT2D eigenvalue weighted by Crippen LogP contribution is 2.11. The van der Waals surface area contributed by atoms with Crippen LogP contribution in [0.25, 0.3) is 0 Å². The van der Waals surface area contributed by atoms with Gasteiger partial charge in [0.25, 0.3) is 0 Å². The lowest BCUT2D eigenvalue weighted by atomic mass is 10.1. The van der Waals surface area contributed by atoms with Crippen LogP contribution in [0, 0.1) is 0 Å². The third-order valence-corrected chi connectivity index (χ3v) is 3.88. The van der Waals surface area contributed by atoms with Crippen molar-refractivity contribution in [1.82, 2.24) is 25.3 Å². The highest BCUT2D eigenvalue weighted by molar-refractivity contribution is 14.0. The first-order chi connectivity index (χ1) is 13.0. The van der Waals surface area contributed by atoms with Gasteiger partial charge in [-0.3, -0.25) is 9.48 Å². The van der Waals surface area contributed by atoms with Crippen LogP contribution in [-0.4, -0.2) is 53.7 Å². The number of benzene rings is 1. The maximum atomic E-state index is 11.8. The Morgan fingerprint density at radius 1 is 1.18 bits per heavy atom. The quantitative estimate of drug-likeness (QED) is 0.255. The minimum Gasteiger partial charge on any atom is -0.353 e. The van der Waals surface area contributed by atoms with Crippen molar-refractivity contribution >= 4 is 35.8 Å². The van der Waals surface area contributed by atoms with Gasteiger partial charge < -0.3 is 15.5 Å². The molecule has 1 aromatic heterocycles. The Hall–Kier alpha value is -2.36. The molecule has 1 amide bonds. The van der Waals surface area contributed by atoms with E-state index in [2.05, 4.69) is 39.4 Å². The third kappa shape index (κ3) is 8.12. The van der Waals surface area contributed by atoms with Gasteiger partial charge in [-0.1, -0.05) is 36.4 Å². The number of amides is 1. The van der Waals surface area contributed by atoms with Crippen LogP contribution >= 0.6 is 24.0 Å². The molecule has 0 atom stereocenters. The molecule has 152 valence electrons. The zero-order valence-electron chi connectivity index (χ0n) is 16.7. The van der Waals surface area contributed by atoms with Gasteiger partial charge >= 0.3 is 0 Å². The van der Waals surface area contributed by atoms with E-state index in [1.165, 1.54) is 0 Å². The van der Waals surface area contributed by atoms with E-state index in [1.54, 1.807) is 25.2 Å². The Morgan fingerprint density at radius 3 is 2.46 bits per heavy atom. The predicted octanol–water partition coefficient (Wildman–Crippen LogP) is 2.25. The van der Waals surface area contributed by atoms with Gasteiger partial charge in [0.1, 0.15) is 0 Å². The molecule has 0 aliphatic heterocycles. The van der Waals surface area contributed by atoms with Crippen molar-refractivity contribution in [1.29, 1.82) is 0 Å². The highest BCUT2D eigenvalue weighted by Gasteiger charge is 2.07. The summed E-state index contributed by atoms with van der Waals surface area (Å²) >= 11 is 0. The smallest absolute Gasteiger partial charge is 0.241 e. The average Bonchev–Trinajstić information content (AvgIpc) is 3.14. The molecular weight excluding hydrogens is 467 g/mol.